The molecule has 0 heterocycles. The molecule has 2 atom stereocenters. The Hall–Kier alpha value is -3.23. The quantitative estimate of drug-likeness (QED) is 0.0281. The van der Waals surface area contributed by atoms with Gasteiger partial charge in [-0.15, -0.1) is 0 Å². The third-order valence-electron chi connectivity index (χ3n) is 11.4. The second kappa shape index (κ2) is 46.3. The number of carbonyl (C=O) groups excluding carboxylic acids is 2. The third-order valence-corrected chi connectivity index (χ3v) is 11.4. The van der Waals surface area contributed by atoms with Gasteiger partial charge in [-0.2, -0.15) is 0 Å². The van der Waals surface area contributed by atoms with Crippen molar-refractivity contribution in [2.24, 2.45) is 0 Å². The SMILES string of the molecule is CC/C=C/C/C=C/C/C=C/C/C=C/C/C=C/C/C=C/CCCCC(=O)OCC(COCCC(C(=O)O)[N+](C)(C)C)OC(=O)CCCCCCCCCCCCCCCCCCCCC. The van der Waals surface area contributed by atoms with Gasteiger partial charge in [-0.05, 0) is 64.2 Å². The van der Waals surface area contributed by atoms with Gasteiger partial charge in [0.1, 0.15) is 6.61 Å². The van der Waals surface area contributed by atoms with E-state index in [0.717, 1.165) is 70.6 Å². The van der Waals surface area contributed by atoms with Crippen LogP contribution in [0.5, 0.6) is 0 Å². The van der Waals surface area contributed by atoms with Gasteiger partial charge in [0.2, 0.25) is 0 Å². The zero-order valence-electron chi connectivity index (χ0n) is 42.0. The first kappa shape index (κ1) is 60.8. The molecule has 0 spiro atoms. The van der Waals surface area contributed by atoms with Gasteiger partial charge < -0.3 is 23.8 Å². The molecule has 8 nitrogen and oxygen atoms in total. The van der Waals surface area contributed by atoms with Gasteiger partial charge in [0.05, 0.1) is 34.4 Å². The van der Waals surface area contributed by atoms with Crippen LogP contribution in [0, 0.1) is 0 Å². The molecule has 0 rings (SSSR count). The highest BCUT2D eigenvalue weighted by atomic mass is 16.6. The summed E-state index contributed by atoms with van der Waals surface area (Å²) in [6.07, 6.45) is 59.6. The molecular weight excluding hydrogens is 799 g/mol. The highest BCUT2D eigenvalue weighted by Gasteiger charge is 2.31. The number of carboxylic acid groups (broad SMARTS) is 1. The number of allylic oxidation sites excluding steroid dienone is 12. The highest BCUT2D eigenvalue weighted by molar-refractivity contribution is 5.72. The summed E-state index contributed by atoms with van der Waals surface area (Å²) in [5, 5.41) is 9.66. The zero-order valence-corrected chi connectivity index (χ0v) is 42.0. The van der Waals surface area contributed by atoms with Crippen molar-refractivity contribution in [1.82, 2.24) is 0 Å². The number of rotatable bonds is 46. The molecule has 0 saturated heterocycles. The van der Waals surface area contributed by atoms with Crippen molar-refractivity contribution in [3.63, 3.8) is 0 Å². The van der Waals surface area contributed by atoms with Crippen molar-refractivity contribution in [2.75, 3.05) is 41.0 Å². The lowest BCUT2D eigenvalue weighted by atomic mass is 10.0. The Morgan fingerprint density at radius 2 is 0.875 bits per heavy atom. The summed E-state index contributed by atoms with van der Waals surface area (Å²) in [5.41, 5.74) is 0. The van der Waals surface area contributed by atoms with E-state index in [1.54, 1.807) is 0 Å². The zero-order chi connectivity index (χ0) is 47.0. The molecule has 0 aromatic heterocycles. The van der Waals surface area contributed by atoms with Gasteiger partial charge in [-0.3, -0.25) is 9.59 Å². The summed E-state index contributed by atoms with van der Waals surface area (Å²) in [5.74, 6) is -1.52. The number of esters is 2. The van der Waals surface area contributed by atoms with Crippen molar-refractivity contribution in [3.05, 3.63) is 72.9 Å². The fourth-order valence-electron chi connectivity index (χ4n) is 7.39. The van der Waals surface area contributed by atoms with Crippen LogP contribution >= 0.6 is 0 Å². The van der Waals surface area contributed by atoms with Crippen LogP contribution in [0.4, 0.5) is 0 Å². The van der Waals surface area contributed by atoms with Crippen molar-refractivity contribution >= 4 is 17.9 Å². The van der Waals surface area contributed by atoms with E-state index in [4.69, 9.17) is 14.2 Å². The van der Waals surface area contributed by atoms with E-state index in [9.17, 15) is 19.5 Å². The summed E-state index contributed by atoms with van der Waals surface area (Å²) in [7, 11) is 5.52. The number of aliphatic carboxylic acids is 1. The Morgan fingerprint density at radius 1 is 0.484 bits per heavy atom. The van der Waals surface area contributed by atoms with Crippen LogP contribution in [0.3, 0.4) is 0 Å². The first-order valence-corrected chi connectivity index (χ1v) is 26.0. The molecule has 64 heavy (non-hydrogen) atoms. The number of quaternary nitrogens is 1. The van der Waals surface area contributed by atoms with Crippen LogP contribution < -0.4 is 0 Å². The minimum Gasteiger partial charge on any atom is -0.477 e. The lowest BCUT2D eigenvalue weighted by molar-refractivity contribution is -0.887. The number of hydrogen-bond donors (Lipinski definition) is 1. The standard InChI is InChI=1S/C56H97NO7/c1-6-8-10-12-14-16-18-20-22-24-26-27-29-30-32-34-36-38-40-42-44-46-54(58)63-51-52(50-62-49-48-53(56(60)61)57(3,4)5)64-55(59)47-45-43-41-39-37-35-33-31-28-25-23-21-19-17-15-13-11-9-7-2/h8,10,14,16,20,22,26-27,30,32,36,38,52-53H,6-7,9,11-13,15,17-19,21,23-25,28-29,31,33-35,37,39-51H2,1-5H3/p+1/b10-8+,16-14+,22-20+,27-26+,32-30+,38-36+. The molecule has 0 saturated carbocycles. The Morgan fingerprint density at radius 3 is 1.30 bits per heavy atom. The van der Waals surface area contributed by atoms with E-state index in [2.05, 4.69) is 86.8 Å². The predicted octanol–water partition coefficient (Wildman–Crippen LogP) is 15.1. The second-order valence-electron chi connectivity index (χ2n) is 18.4. The Kier molecular flexibility index (Phi) is 44.0. The Bertz CT molecular complexity index is 1270. The van der Waals surface area contributed by atoms with Crippen LogP contribution in [0.2, 0.25) is 0 Å². The van der Waals surface area contributed by atoms with Gasteiger partial charge in [0, 0.05) is 19.3 Å². The molecule has 0 radical (unpaired) electrons. The normalized spacial score (nSPS) is 13.5. The Balaban J connectivity index is 4.32. The number of ether oxygens (including phenoxy) is 3. The fourth-order valence-corrected chi connectivity index (χ4v) is 7.39. The summed E-state index contributed by atoms with van der Waals surface area (Å²) in [6, 6.07) is -0.624. The monoisotopic (exact) mass is 897 g/mol. The van der Waals surface area contributed by atoms with Crippen LogP contribution in [-0.4, -0.2) is 80.6 Å². The van der Waals surface area contributed by atoms with Gasteiger partial charge in [0.25, 0.3) is 0 Å². The lowest BCUT2D eigenvalue weighted by Gasteiger charge is -2.31. The van der Waals surface area contributed by atoms with Crippen molar-refractivity contribution < 1.29 is 38.2 Å². The molecule has 0 aliphatic rings. The number of likely N-dealkylation sites (N-methyl/N-ethyl adjacent to an activating group) is 1. The Labute approximate surface area is 393 Å². The van der Waals surface area contributed by atoms with E-state index in [-0.39, 0.29) is 36.2 Å². The molecule has 368 valence electrons. The molecule has 0 amide bonds. The van der Waals surface area contributed by atoms with Crippen molar-refractivity contribution in [2.45, 2.75) is 225 Å². The van der Waals surface area contributed by atoms with E-state index in [0.29, 0.717) is 25.7 Å². The van der Waals surface area contributed by atoms with Crippen LogP contribution in [-0.2, 0) is 28.6 Å². The molecule has 8 heteroatoms. The van der Waals surface area contributed by atoms with Crippen molar-refractivity contribution in [3.8, 4) is 0 Å². The van der Waals surface area contributed by atoms with E-state index in [1.807, 2.05) is 21.1 Å². The first-order valence-electron chi connectivity index (χ1n) is 26.0. The average Bonchev–Trinajstić information content (AvgIpc) is 3.26. The van der Waals surface area contributed by atoms with Crippen molar-refractivity contribution in [1.29, 1.82) is 0 Å². The van der Waals surface area contributed by atoms with Gasteiger partial charge in [-0.1, -0.05) is 202 Å². The largest absolute Gasteiger partial charge is 0.477 e. The fraction of sp³-hybridized carbons (Fsp3) is 0.732. The maximum atomic E-state index is 12.8. The average molecular weight is 897 g/mol. The molecule has 0 fully saturated rings. The minimum atomic E-state index is -0.881. The van der Waals surface area contributed by atoms with Crippen LogP contribution in [0.15, 0.2) is 72.9 Å². The minimum absolute atomic E-state index is 0.0460. The van der Waals surface area contributed by atoms with Crippen LogP contribution in [0.25, 0.3) is 0 Å². The van der Waals surface area contributed by atoms with E-state index < -0.39 is 18.1 Å². The molecule has 0 aliphatic carbocycles. The summed E-state index contributed by atoms with van der Waals surface area (Å²) >= 11 is 0. The first-order chi connectivity index (χ1) is 31.1. The smallest absolute Gasteiger partial charge is 0.362 e. The predicted molar refractivity (Wildman–Crippen MR) is 270 cm³/mol. The number of hydrogen-bond acceptors (Lipinski definition) is 6. The number of carboxylic acids is 1. The van der Waals surface area contributed by atoms with Gasteiger partial charge >= 0.3 is 17.9 Å². The molecule has 0 aromatic carbocycles. The van der Waals surface area contributed by atoms with Gasteiger partial charge in [-0.25, -0.2) is 4.79 Å². The number of unbranched alkanes of at least 4 members (excludes halogenated alkanes) is 20. The van der Waals surface area contributed by atoms with Crippen LogP contribution in [0.1, 0.15) is 213 Å². The molecule has 0 bridgehead atoms. The maximum absolute atomic E-state index is 12.8. The maximum Gasteiger partial charge on any atom is 0.362 e. The highest BCUT2D eigenvalue weighted by Crippen LogP contribution is 2.16. The van der Waals surface area contributed by atoms with E-state index >= 15 is 0 Å². The lowest BCUT2D eigenvalue weighted by Crippen LogP contribution is -2.50. The number of nitrogens with zero attached hydrogens (tertiary/aromatic N) is 1. The van der Waals surface area contributed by atoms with Gasteiger partial charge in [0.15, 0.2) is 12.1 Å². The summed E-state index contributed by atoms with van der Waals surface area (Å²) in [6.45, 7) is 4.60. The number of carbonyl (C=O) groups is 3. The third kappa shape index (κ3) is 44.0. The molecular formula is C56H98NO7+. The molecule has 0 aliphatic heterocycles. The molecule has 0 aromatic rings. The molecule has 2 unspecified atom stereocenters. The summed E-state index contributed by atoms with van der Waals surface area (Å²) < 4.78 is 17.3. The molecule has 1 N–H and O–H groups in total. The topological polar surface area (TPSA) is 99.1 Å². The second-order valence-corrected chi connectivity index (χ2v) is 18.4. The summed E-state index contributed by atoms with van der Waals surface area (Å²) in [4.78, 5) is 37.2. The van der Waals surface area contributed by atoms with E-state index in [1.165, 1.54) is 103 Å².